The highest BCUT2D eigenvalue weighted by atomic mass is 19.2. The van der Waals surface area contributed by atoms with Gasteiger partial charge in [0, 0.05) is 51.7 Å². The smallest absolute Gasteiger partial charge is 0.410 e. The predicted octanol–water partition coefficient (Wildman–Crippen LogP) is 5.69. The van der Waals surface area contributed by atoms with E-state index < -0.39 is 47.2 Å². The minimum Gasteiger partial charge on any atom is -0.488 e. The molecule has 1 aromatic heterocycles. The lowest BCUT2D eigenvalue weighted by Crippen LogP contribution is -2.59. The van der Waals surface area contributed by atoms with Gasteiger partial charge in [-0.05, 0) is 58.1 Å². The number of hydrogen-bond donors (Lipinski definition) is 1. The van der Waals surface area contributed by atoms with E-state index in [4.69, 9.17) is 23.7 Å². The van der Waals surface area contributed by atoms with Gasteiger partial charge in [0.25, 0.3) is 5.91 Å². The Labute approximate surface area is 351 Å². The molecule has 1 aliphatic heterocycles. The van der Waals surface area contributed by atoms with Gasteiger partial charge in [0.1, 0.15) is 24.3 Å². The highest BCUT2D eigenvalue weighted by Crippen LogP contribution is 2.35. The van der Waals surface area contributed by atoms with Gasteiger partial charge < -0.3 is 43.4 Å². The Morgan fingerprint density at radius 2 is 1.42 bits per heavy atom. The molecule has 1 saturated heterocycles. The fraction of sp³-hybridized carbons (Fsp3) is 0.591. The van der Waals surface area contributed by atoms with Crippen LogP contribution in [0.5, 0.6) is 5.75 Å². The number of hydrogen-bond acceptors (Lipinski definition) is 9. The molecule has 0 spiro atoms. The van der Waals surface area contributed by atoms with Gasteiger partial charge in [-0.15, -0.1) is 0 Å². The van der Waals surface area contributed by atoms with Crippen molar-refractivity contribution < 1.29 is 51.6 Å². The molecule has 0 radical (unpaired) electrons. The Bertz CT molecular complexity index is 1910. The third kappa shape index (κ3) is 12.4. The molecule has 1 aliphatic carbocycles. The summed E-state index contributed by atoms with van der Waals surface area (Å²) in [5, 5.41) is 3.21. The molecule has 2 atom stereocenters. The molecule has 0 unspecified atom stereocenters. The van der Waals surface area contributed by atoms with Gasteiger partial charge in [-0.25, -0.2) is 13.6 Å². The van der Waals surface area contributed by atoms with E-state index in [2.05, 4.69) is 5.32 Å². The third-order valence-electron chi connectivity index (χ3n) is 10.9. The number of fused-ring (bicyclic) bond motifs is 1. The van der Waals surface area contributed by atoms with E-state index in [0.29, 0.717) is 33.0 Å². The molecule has 1 saturated carbocycles. The van der Waals surface area contributed by atoms with E-state index in [1.165, 1.54) is 16.5 Å². The molecule has 1 N–H and O–H groups in total. The lowest BCUT2D eigenvalue weighted by molar-refractivity contribution is -0.140. The van der Waals surface area contributed by atoms with Gasteiger partial charge in [0.2, 0.25) is 11.8 Å². The van der Waals surface area contributed by atoms with E-state index in [0.717, 1.165) is 49.8 Å². The number of amides is 4. The van der Waals surface area contributed by atoms with Crippen LogP contribution in [0.3, 0.4) is 0 Å². The molecule has 60 heavy (non-hydrogen) atoms. The van der Waals surface area contributed by atoms with Crippen molar-refractivity contribution in [2.24, 2.45) is 13.0 Å². The summed E-state index contributed by atoms with van der Waals surface area (Å²) in [6, 6.07) is 10.2. The van der Waals surface area contributed by atoms with Gasteiger partial charge in [0.15, 0.2) is 23.1 Å². The lowest BCUT2D eigenvalue weighted by Gasteiger charge is -2.39. The Morgan fingerprint density at radius 1 is 0.833 bits per heavy atom. The number of aromatic nitrogens is 1. The zero-order valence-corrected chi connectivity index (χ0v) is 35.8. The highest BCUT2D eigenvalue weighted by molar-refractivity contribution is 6.04. The largest absolute Gasteiger partial charge is 0.488 e. The van der Waals surface area contributed by atoms with Gasteiger partial charge >= 0.3 is 6.09 Å². The number of benzene rings is 2. The monoisotopic (exact) mass is 841 g/mol. The van der Waals surface area contributed by atoms with Gasteiger partial charge in [-0.2, -0.15) is 0 Å². The van der Waals surface area contributed by atoms with Crippen molar-refractivity contribution >= 4 is 34.7 Å². The number of carbonyl (C=O) groups is 4. The summed E-state index contributed by atoms with van der Waals surface area (Å²) in [5.74, 6) is -3.22. The number of aryl methyl sites for hydroxylation is 1. The first-order valence-electron chi connectivity index (χ1n) is 20.9. The average molecular weight is 842 g/mol. The Balaban J connectivity index is 1.17. The second-order valence-electron chi connectivity index (χ2n) is 16.4. The Morgan fingerprint density at radius 3 is 2.05 bits per heavy atom. The molecular formula is C44H61F2N5O9. The van der Waals surface area contributed by atoms with Crippen molar-refractivity contribution in [2.45, 2.75) is 84.1 Å². The number of likely N-dealkylation sites (N-methyl/N-ethyl adjacent to an activating group) is 1. The zero-order valence-electron chi connectivity index (χ0n) is 35.8. The van der Waals surface area contributed by atoms with Crippen LogP contribution < -0.4 is 10.1 Å². The van der Waals surface area contributed by atoms with Crippen LogP contribution in [0.15, 0.2) is 42.5 Å². The van der Waals surface area contributed by atoms with E-state index in [1.54, 1.807) is 44.5 Å². The topological polar surface area (TPSA) is 141 Å². The summed E-state index contributed by atoms with van der Waals surface area (Å²) in [5.41, 5.74) is 0.737. The van der Waals surface area contributed by atoms with Crippen molar-refractivity contribution in [2.75, 3.05) is 72.9 Å². The average Bonchev–Trinajstić information content (AvgIpc) is 3.49. The van der Waals surface area contributed by atoms with Crippen molar-refractivity contribution in [3.63, 3.8) is 0 Å². The summed E-state index contributed by atoms with van der Waals surface area (Å²) in [6.45, 7) is 9.75. The minimum atomic E-state index is -1.07. The molecule has 3 aromatic rings. The Kier molecular flexibility index (Phi) is 16.7. The molecule has 2 fully saturated rings. The molecule has 0 bridgehead atoms. The molecule has 5 rings (SSSR count). The molecule has 14 nitrogen and oxygen atoms in total. The highest BCUT2D eigenvalue weighted by Gasteiger charge is 2.38. The fourth-order valence-corrected chi connectivity index (χ4v) is 7.46. The first-order chi connectivity index (χ1) is 28.7. The van der Waals surface area contributed by atoms with Gasteiger partial charge in [0.05, 0.1) is 45.2 Å². The van der Waals surface area contributed by atoms with Crippen molar-refractivity contribution in [3.8, 4) is 5.75 Å². The molecule has 4 amide bonds. The third-order valence-corrected chi connectivity index (χ3v) is 10.9. The van der Waals surface area contributed by atoms with Crippen LogP contribution in [-0.2, 0) is 42.2 Å². The minimum absolute atomic E-state index is 0.0291. The first-order valence-corrected chi connectivity index (χ1v) is 20.9. The van der Waals surface area contributed by atoms with E-state index in [1.807, 2.05) is 30.3 Å². The maximum atomic E-state index is 14.6. The van der Waals surface area contributed by atoms with E-state index in [-0.39, 0.29) is 73.6 Å². The lowest BCUT2D eigenvalue weighted by atomic mass is 9.83. The van der Waals surface area contributed by atoms with Gasteiger partial charge in [-0.1, -0.05) is 49.6 Å². The van der Waals surface area contributed by atoms with Crippen LogP contribution in [-0.4, -0.2) is 134 Å². The maximum Gasteiger partial charge on any atom is 0.410 e. The van der Waals surface area contributed by atoms with E-state index >= 15 is 0 Å². The van der Waals surface area contributed by atoms with Crippen molar-refractivity contribution in [1.82, 2.24) is 24.6 Å². The predicted molar refractivity (Wildman–Crippen MR) is 221 cm³/mol. The molecule has 2 aromatic carbocycles. The fourth-order valence-electron chi connectivity index (χ4n) is 7.46. The number of rotatable bonds is 18. The maximum absolute atomic E-state index is 14.6. The number of halogens is 2. The molecule has 330 valence electrons. The van der Waals surface area contributed by atoms with Crippen LogP contribution in [0.2, 0.25) is 0 Å². The SMILES string of the molecule is C[C@@H](C(=O)N[C@H](C(=O)N1CCN(C(=O)c2c(OCCOCCOCCOCc3ccccc3)c3cc(F)c(F)cc3n2C)CC1)C1CCCCC1)N(C)C(=O)OC(C)(C)C. The normalized spacial score (nSPS) is 16.1. The summed E-state index contributed by atoms with van der Waals surface area (Å²) in [7, 11) is 3.08. The summed E-state index contributed by atoms with van der Waals surface area (Å²) < 4.78 is 58.9. The standard InChI is InChI=1S/C44H61F2N5O9/c1-30(48(5)43(55)60-44(2,3)4)40(52)47-37(32-15-11-8-12-16-32)41(53)50-17-19-51(20-18-50)42(54)38-39(33-27-34(45)35(46)28-36(33)49(38)6)59-26-25-57-22-21-56-23-24-58-29-31-13-9-7-10-14-31/h7,9-10,13-14,27-28,30,32,37H,8,11-12,15-26,29H2,1-6H3,(H,47,52)/t30-,37-/m0/s1. The molecule has 2 aliphatic rings. The number of nitrogens with zero attached hydrogens (tertiary/aromatic N) is 4. The van der Waals surface area contributed by atoms with Crippen LogP contribution >= 0.6 is 0 Å². The van der Waals surface area contributed by atoms with Gasteiger partial charge in [-0.3, -0.25) is 19.3 Å². The molecular weight excluding hydrogens is 781 g/mol. The summed E-state index contributed by atoms with van der Waals surface area (Å²) >= 11 is 0. The number of carbonyl (C=O) groups excluding carboxylic acids is 4. The quantitative estimate of drug-likeness (QED) is 0.160. The first kappa shape index (κ1) is 46.3. The Hall–Kier alpha value is -4.80. The summed E-state index contributed by atoms with van der Waals surface area (Å²) in [4.78, 5) is 59.1. The number of nitrogens with one attached hydrogen (secondary N) is 1. The number of ether oxygens (including phenoxy) is 5. The summed E-state index contributed by atoms with van der Waals surface area (Å²) in [6.07, 6.45) is 3.84. The van der Waals surface area contributed by atoms with Crippen LogP contribution in [0, 0.1) is 17.6 Å². The van der Waals surface area contributed by atoms with Crippen molar-refractivity contribution in [1.29, 1.82) is 0 Å². The second kappa shape index (κ2) is 21.6. The number of piperazine rings is 1. The molecule has 16 heteroatoms. The van der Waals surface area contributed by atoms with Crippen molar-refractivity contribution in [3.05, 3.63) is 65.4 Å². The second-order valence-corrected chi connectivity index (χ2v) is 16.4. The van der Waals surface area contributed by atoms with Crippen LogP contribution in [0.1, 0.15) is 75.9 Å². The van der Waals surface area contributed by atoms with E-state index in [9.17, 15) is 28.0 Å². The van der Waals surface area contributed by atoms with Crippen LogP contribution in [0.25, 0.3) is 10.9 Å². The molecule has 2 heterocycles. The zero-order chi connectivity index (χ0) is 43.4. The van der Waals surface area contributed by atoms with Crippen LogP contribution in [0.4, 0.5) is 13.6 Å².